The van der Waals surface area contributed by atoms with Crippen LogP contribution in [-0.2, 0) is 16.0 Å². The smallest absolute Gasteiger partial charge is 0.257 e. The van der Waals surface area contributed by atoms with Crippen molar-refractivity contribution in [3.8, 4) is 0 Å². The van der Waals surface area contributed by atoms with E-state index in [0.29, 0.717) is 30.6 Å². The van der Waals surface area contributed by atoms with E-state index < -0.39 is 5.66 Å². The maximum atomic E-state index is 13.3. The SMILES string of the molecule is CN(C(=O)CCN1C(=O)c2ccccc2N2C(=O)CC[C@@]12C)[C@@H]1CCc2ccccc21. The summed E-state index contributed by atoms with van der Waals surface area (Å²) in [6, 6.07) is 15.6. The van der Waals surface area contributed by atoms with Crippen molar-refractivity contribution in [1.82, 2.24) is 9.80 Å². The van der Waals surface area contributed by atoms with Gasteiger partial charge in [-0.1, -0.05) is 36.4 Å². The third kappa shape index (κ3) is 2.96. The lowest BCUT2D eigenvalue weighted by atomic mass is 9.98. The van der Waals surface area contributed by atoms with Crippen LogP contribution in [0, 0.1) is 0 Å². The molecule has 6 heteroatoms. The molecule has 0 unspecified atom stereocenters. The second kappa shape index (κ2) is 7.22. The van der Waals surface area contributed by atoms with Gasteiger partial charge < -0.3 is 9.80 Å². The van der Waals surface area contributed by atoms with Crippen molar-refractivity contribution < 1.29 is 14.4 Å². The Morgan fingerprint density at radius 1 is 1.10 bits per heavy atom. The van der Waals surface area contributed by atoms with Crippen molar-refractivity contribution in [3.63, 3.8) is 0 Å². The predicted molar refractivity (Wildman–Crippen MR) is 117 cm³/mol. The van der Waals surface area contributed by atoms with Gasteiger partial charge in [0.05, 0.1) is 17.3 Å². The van der Waals surface area contributed by atoms with Gasteiger partial charge in [0.2, 0.25) is 11.8 Å². The minimum Gasteiger partial charge on any atom is -0.339 e. The number of nitrogens with zero attached hydrogens (tertiary/aromatic N) is 3. The van der Waals surface area contributed by atoms with Gasteiger partial charge in [0, 0.05) is 26.4 Å². The summed E-state index contributed by atoms with van der Waals surface area (Å²) in [5.41, 5.74) is 3.02. The molecule has 3 aliphatic rings. The number of para-hydroxylation sites is 1. The van der Waals surface area contributed by atoms with Crippen molar-refractivity contribution in [2.24, 2.45) is 0 Å². The third-order valence-corrected chi connectivity index (χ3v) is 7.26. The number of benzene rings is 2. The van der Waals surface area contributed by atoms with E-state index >= 15 is 0 Å². The van der Waals surface area contributed by atoms with Gasteiger partial charge in [0.25, 0.3) is 5.91 Å². The number of hydrogen-bond donors (Lipinski definition) is 0. The zero-order valence-electron chi connectivity index (χ0n) is 18.0. The van der Waals surface area contributed by atoms with Gasteiger partial charge in [0.1, 0.15) is 5.66 Å². The van der Waals surface area contributed by atoms with E-state index in [1.165, 1.54) is 11.1 Å². The second-order valence-corrected chi connectivity index (χ2v) is 8.93. The summed E-state index contributed by atoms with van der Waals surface area (Å²) in [4.78, 5) is 44.4. The summed E-state index contributed by atoms with van der Waals surface area (Å²) in [5, 5.41) is 0. The number of amides is 3. The predicted octanol–water partition coefficient (Wildman–Crippen LogP) is 3.52. The highest BCUT2D eigenvalue weighted by atomic mass is 16.2. The first-order valence-corrected chi connectivity index (χ1v) is 11.0. The van der Waals surface area contributed by atoms with E-state index in [4.69, 9.17) is 0 Å². The van der Waals surface area contributed by atoms with E-state index in [2.05, 4.69) is 12.1 Å². The van der Waals surface area contributed by atoms with E-state index in [1.807, 2.05) is 49.2 Å². The third-order valence-electron chi connectivity index (χ3n) is 7.26. The molecule has 2 aromatic rings. The fourth-order valence-electron chi connectivity index (χ4n) is 5.54. The molecular weight excluding hydrogens is 390 g/mol. The largest absolute Gasteiger partial charge is 0.339 e. The number of carbonyl (C=O) groups excluding carboxylic acids is 3. The van der Waals surface area contributed by atoms with E-state index in [0.717, 1.165) is 12.8 Å². The lowest BCUT2D eigenvalue weighted by Crippen LogP contribution is -2.62. The summed E-state index contributed by atoms with van der Waals surface area (Å²) in [6.07, 6.45) is 3.13. The van der Waals surface area contributed by atoms with Gasteiger partial charge in [-0.05, 0) is 49.4 Å². The van der Waals surface area contributed by atoms with Crippen molar-refractivity contribution >= 4 is 23.4 Å². The summed E-state index contributed by atoms with van der Waals surface area (Å²) in [6.45, 7) is 2.23. The van der Waals surface area contributed by atoms with Crippen LogP contribution in [0.5, 0.6) is 0 Å². The topological polar surface area (TPSA) is 60.9 Å². The zero-order chi connectivity index (χ0) is 21.8. The molecule has 0 bridgehead atoms. The van der Waals surface area contributed by atoms with Gasteiger partial charge >= 0.3 is 0 Å². The highest BCUT2D eigenvalue weighted by molar-refractivity contribution is 6.10. The lowest BCUT2D eigenvalue weighted by Gasteiger charge is -2.48. The van der Waals surface area contributed by atoms with Gasteiger partial charge in [-0.25, -0.2) is 0 Å². The highest BCUT2D eigenvalue weighted by Crippen LogP contribution is 2.44. The molecule has 5 rings (SSSR count). The standard InChI is InChI=1S/C25H27N3O3/c1-25-15-13-23(30)28(25)21-10-6-5-9-19(21)24(31)27(25)16-14-22(29)26(2)20-12-11-17-7-3-4-8-18(17)20/h3-10,20H,11-16H2,1-2H3/t20-,25+/m1/s1. The van der Waals surface area contributed by atoms with E-state index in [-0.39, 0.29) is 30.2 Å². The van der Waals surface area contributed by atoms with Gasteiger partial charge in [0.15, 0.2) is 0 Å². The molecule has 1 fully saturated rings. The molecule has 0 radical (unpaired) electrons. The van der Waals surface area contributed by atoms with Crippen LogP contribution in [-0.4, -0.2) is 46.8 Å². The fraction of sp³-hybridized carbons (Fsp3) is 0.400. The van der Waals surface area contributed by atoms with E-state index in [9.17, 15) is 14.4 Å². The molecule has 2 atom stereocenters. The van der Waals surface area contributed by atoms with Crippen LogP contribution in [0.2, 0.25) is 0 Å². The van der Waals surface area contributed by atoms with Gasteiger partial charge in [-0.2, -0.15) is 0 Å². The molecule has 2 heterocycles. The summed E-state index contributed by atoms with van der Waals surface area (Å²) >= 11 is 0. The molecule has 2 aliphatic heterocycles. The molecule has 1 aliphatic carbocycles. The maximum Gasteiger partial charge on any atom is 0.257 e. The average molecular weight is 418 g/mol. The minimum atomic E-state index is -0.721. The molecule has 6 nitrogen and oxygen atoms in total. The fourth-order valence-corrected chi connectivity index (χ4v) is 5.54. The number of fused-ring (bicyclic) bond motifs is 4. The van der Waals surface area contributed by atoms with Crippen molar-refractivity contribution in [2.45, 2.75) is 50.7 Å². The van der Waals surface area contributed by atoms with Crippen LogP contribution in [0.25, 0.3) is 0 Å². The van der Waals surface area contributed by atoms with Crippen molar-refractivity contribution in [3.05, 3.63) is 65.2 Å². The Labute approximate surface area is 182 Å². The molecule has 160 valence electrons. The Bertz CT molecular complexity index is 1080. The second-order valence-electron chi connectivity index (χ2n) is 8.93. The number of hydrogen-bond acceptors (Lipinski definition) is 3. The molecule has 0 aromatic heterocycles. The number of carbonyl (C=O) groups is 3. The molecule has 0 spiro atoms. The Balaban J connectivity index is 1.36. The first kappa shape index (κ1) is 19.8. The molecule has 31 heavy (non-hydrogen) atoms. The van der Waals surface area contributed by atoms with Gasteiger partial charge in [-0.15, -0.1) is 0 Å². The monoisotopic (exact) mass is 417 g/mol. The molecule has 3 amide bonds. The quantitative estimate of drug-likeness (QED) is 0.765. The normalized spacial score (nSPS) is 24.1. The van der Waals surface area contributed by atoms with Crippen LogP contribution in [0.15, 0.2) is 48.5 Å². The minimum absolute atomic E-state index is 0.0211. The Kier molecular flexibility index (Phi) is 4.61. The van der Waals surface area contributed by atoms with Crippen LogP contribution in [0.3, 0.4) is 0 Å². The zero-order valence-corrected chi connectivity index (χ0v) is 18.0. The van der Waals surface area contributed by atoms with Crippen LogP contribution in [0.4, 0.5) is 5.69 Å². The molecule has 1 saturated heterocycles. The van der Waals surface area contributed by atoms with Crippen molar-refractivity contribution in [1.29, 1.82) is 0 Å². The van der Waals surface area contributed by atoms with Crippen molar-refractivity contribution in [2.75, 3.05) is 18.5 Å². The van der Waals surface area contributed by atoms with Crippen LogP contribution in [0.1, 0.15) is 60.1 Å². The molecular formula is C25H27N3O3. The highest BCUT2D eigenvalue weighted by Gasteiger charge is 2.52. The molecule has 2 aromatic carbocycles. The Morgan fingerprint density at radius 2 is 1.84 bits per heavy atom. The van der Waals surface area contributed by atoms with E-state index in [1.54, 1.807) is 15.9 Å². The Morgan fingerprint density at radius 3 is 2.68 bits per heavy atom. The first-order chi connectivity index (χ1) is 14.9. The van der Waals surface area contributed by atoms with Crippen LogP contribution >= 0.6 is 0 Å². The molecule has 0 N–H and O–H groups in total. The number of aryl methyl sites for hydroxylation is 1. The van der Waals surface area contributed by atoms with Gasteiger partial charge in [-0.3, -0.25) is 19.3 Å². The summed E-state index contributed by atoms with van der Waals surface area (Å²) < 4.78 is 0. The van der Waals surface area contributed by atoms with Crippen LogP contribution < -0.4 is 4.90 Å². The number of rotatable bonds is 4. The maximum absolute atomic E-state index is 13.3. The average Bonchev–Trinajstić information content (AvgIpc) is 3.34. The summed E-state index contributed by atoms with van der Waals surface area (Å²) in [5.74, 6) is -0.0583. The summed E-state index contributed by atoms with van der Waals surface area (Å²) in [7, 11) is 1.86. The lowest BCUT2D eigenvalue weighted by molar-refractivity contribution is -0.132. The Hall–Kier alpha value is -3.15. The first-order valence-electron chi connectivity index (χ1n) is 11.0. The molecule has 0 saturated carbocycles. The number of anilines is 1.